The summed E-state index contributed by atoms with van der Waals surface area (Å²) in [4.78, 5) is 22.5. The fraction of sp³-hybridized carbons (Fsp3) is 0.818. The van der Waals surface area contributed by atoms with Crippen molar-refractivity contribution in [3.63, 3.8) is 0 Å². The molecule has 94 valence electrons. The van der Waals surface area contributed by atoms with Gasteiger partial charge < -0.3 is 9.84 Å². The van der Waals surface area contributed by atoms with Gasteiger partial charge in [0.05, 0.1) is 0 Å². The molecule has 16 heavy (non-hydrogen) atoms. The topological polar surface area (TPSA) is 75.6 Å². The molecule has 0 rings (SSSR count). The van der Waals surface area contributed by atoms with Gasteiger partial charge in [0.1, 0.15) is 11.7 Å². The number of aliphatic hydroxyl groups excluding tert-OH is 1. The highest BCUT2D eigenvalue weighted by atomic mass is 16.6. The summed E-state index contributed by atoms with van der Waals surface area (Å²) >= 11 is 0. The molecule has 0 saturated carbocycles. The molecule has 0 aliphatic carbocycles. The number of alkyl carbamates (subject to hydrolysis) is 1. The van der Waals surface area contributed by atoms with Crippen molar-refractivity contribution in [1.82, 2.24) is 5.32 Å². The second-order valence-electron chi connectivity index (χ2n) is 5.14. The Kier molecular flexibility index (Phi) is 5.44. The summed E-state index contributed by atoms with van der Waals surface area (Å²) in [6.45, 7) is 8.85. The summed E-state index contributed by atoms with van der Waals surface area (Å²) in [5.74, 6) is -0.540. The molecule has 1 atom stereocenters. The number of carbonyl (C=O) groups is 2. The van der Waals surface area contributed by atoms with E-state index in [9.17, 15) is 14.7 Å². The molecule has 0 fully saturated rings. The molecule has 5 heteroatoms. The minimum atomic E-state index is -1.17. The molecule has 0 aromatic carbocycles. The Morgan fingerprint density at radius 1 is 1.31 bits per heavy atom. The van der Waals surface area contributed by atoms with Crippen molar-refractivity contribution in [2.45, 2.75) is 52.7 Å². The molecule has 2 amide bonds. The number of rotatable bonds is 3. The normalized spacial score (nSPS) is 13.4. The predicted molar refractivity (Wildman–Crippen MR) is 59.8 cm³/mol. The highest BCUT2D eigenvalue weighted by Crippen LogP contribution is 2.07. The Bertz CT molecular complexity index is 255. The van der Waals surface area contributed by atoms with Gasteiger partial charge in [-0.05, 0) is 33.1 Å². The maximum atomic E-state index is 11.3. The maximum absolute atomic E-state index is 11.3. The van der Waals surface area contributed by atoms with E-state index in [0.29, 0.717) is 6.42 Å². The molecular weight excluding hydrogens is 210 g/mol. The van der Waals surface area contributed by atoms with E-state index in [0.717, 1.165) is 0 Å². The van der Waals surface area contributed by atoms with Crippen molar-refractivity contribution in [3.05, 3.63) is 0 Å². The molecule has 0 heterocycles. The highest BCUT2D eigenvalue weighted by Gasteiger charge is 2.22. The smallest absolute Gasteiger partial charge is 0.414 e. The third-order valence-electron chi connectivity index (χ3n) is 1.62. The first kappa shape index (κ1) is 14.9. The Labute approximate surface area is 96.2 Å². The van der Waals surface area contributed by atoms with Crippen LogP contribution in [0.25, 0.3) is 0 Å². The van der Waals surface area contributed by atoms with Crippen molar-refractivity contribution in [2.24, 2.45) is 5.92 Å². The molecule has 2 N–H and O–H groups in total. The van der Waals surface area contributed by atoms with Crippen LogP contribution < -0.4 is 5.32 Å². The van der Waals surface area contributed by atoms with Gasteiger partial charge in [-0.3, -0.25) is 10.1 Å². The van der Waals surface area contributed by atoms with E-state index >= 15 is 0 Å². The molecule has 0 saturated heterocycles. The van der Waals surface area contributed by atoms with Gasteiger partial charge in [0.25, 0.3) is 5.91 Å². The second-order valence-corrected chi connectivity index (χ2v) is 5.14. The van der Waals surface area contributed by atoms with Crippen molar-refractivity contribution >= 4 is 12.0 Å². The molecule has 0 aliphatic rings. The summed E-state index contributed by atoms with van der Waals surface area (Å²) in [5, 5.41) is 11.4. The lowest BCUT2D eigenvalue weighted by atomic mass is 10.1. The number of imide groups is 1. The quantitative estimate of drug-likeness (QED) is 0.770. The summed E-state index contributed by atoms with van der Waals surface area (Å²) in [6, 6.07) is 0. The van der Waals surface area contributed by atoms with Crippen molar-refractivity contribution in [2.75, 3.05) is 0 Å². The van der Waals surface area contributed by atoms with Gasteiger partial charge in [0, 0.05) is 0 Å². The van der Waals surface area contributed by atoms with E-state index < -0.39 is 23.7 Å². The van der Waals surface area contributed by atoms with Crippen molar-refractivity contribution in [1.29, 1.82) is 0 Å². The van der Waals surface area contributed by atoms with Gasteiger partial charge in [-0.25, -0.2) is 4.79 Å². The third kappa shape index (κ3) is 7.23. The van der Waals surface area contributed by atoms with Crippen LogP contribution in [0.15, 0.2) is 0 Å². The molecule has 0 aromatic heterocycles. The number of nitrogens with one attached hydrogen (secondary N) is 1. The Morgan fingerprint density at radius 2 is 1.81 bits per heavy atom. The van der Waals surface area contributed by atoms with Crippen LogP contribution in [0, 0.1) is 5.92 Å². The van der Waals surface area contributed by atoms with E-state index in [1.807, 2.05) is 19.2 Å². The molecule has 0 bridgehead atoms. The van der Waals surface area contributed by atoms with Crippen LogP contribution in [-0.4, -0.2) is 28.8 Å². The lowest BCUT2D eigenvalue weighted by molar-refractivity contribution is -0.129. The standard InChI is InChI=1S/C11H21NO4/c1-7(2)6-8(13)9(14)12-10(15)16-11(3,4)5/h7-8,13H,6H2,1-5H3,(H,12,14,15). The number of hydrogen-bond acceptors (Lipinski definition) is 4. The molecule has 0 aromatic rings. The molecule has 0 aliphatic heterocycles. The average molecular weight is 231 g/mol. The zero-order chi connectivity index (χ0) is 12.9. The molecule has 0 spiro atoms. The monoisotopic (exact) mass is 231 g/mol. The molecule has 0 radical (unpaired) electrons. The van der Waals surface area contributed by atoms with Crippen LogP contribution in [0.5, 0.6) is 0 Å². The van der Waals surface area contributed by atoms with E-state index in [2.05, 4.69) is 0 Å². The first-order chi connectivity index (χ1) is 7.11. The van der Waals surface area contributed by atoms with E-state index in [-0.39, 0.29) is 5.92 Å². The Morgan fingerprint density at radius 3 is 2.19 bits per heavy atom. The zero-order valence-electron chi connectivity index (χ0n) is 10.5. The van der Waals surface area contributed by atoms with Crippen LogP contribution in [-0.2, 0) is 9.53 Å². The van der Waals surface area contributed by atoms with Crippen LogP contribution >= 0.6 is 0 Å². The minimum absolute atomic E-state index is 0.180. The Balaban J connectivity index is 4.10. The first-order valence-corrected chi connectivity index (χ1v) is 5.33. The zero-order valence-corrected chi connectivity index (χ0v) is 10.5. The van der Waals surface area contributed by atoms with Crippen LogP contribution in [0.4, 0.5) is 4.79 Å². The number of amides is 2. The minimum Gasteiger partial charge on any atom is -0.444 e. The van der Waals surface area contributed by atoms with E-state index in [1.165, 1.54) is 0 Å². The number of carbonyl (C=O) groups excluding carboxylic acids is 2. The SMILES string of the molecule is CC(C)CC(O)C(=O)NC(=O)OC(C)(C)C. The summed E-state index contributed by atoms with van der Waals surface area (Å²) in [5.41, 5.74) is -0.659. The van der Waals surface area contributed by atoms with Crippen LogP contribution in [0.1, 0.15) is 41.0 Å². The van der Waals surface area contributed by atoms with Crippen LogP contribution in [0.2, 0.25) is 0 Å². The average Bonchev–Trinajstić information content (AvgIpc) is 1.98. The fourth-order valence-corrected chi connectivity index (χ4v) is 1.04. The number of hydrogen-bond donors (Lipinski definition) is 2. The van der Waals surface area contributed by atoms with Gasteiger partial charge >= 0.3 is 6.09 Å². The number of ether oxygens (including phenoxy) is 1. The largest absolute Gasteiger partial charge is 0.444 e. The van der Waals surface area contributed by atoms with Crippen molar-refractivity contribution < 1.29 is 19.4 Å². The van der Waals surface area contributed by atoms with Gasteiger partial charge in [-0.15, -0.1) is 0 Å². The molecule has 1 unspecified atom stereocenters. The Hall–Kier alpha value is -1.10. The predicted octanol–water partition coefficient (Wildman–Crippen LogP) is 1.44. The van der Waals surface area contributed by atoms with E-state index in [4.69, 9.17) is 4.74 Å². The second kappa shape index (κ2) is 5.84. The van der Waals surface area contributed by atoms with Gasteiger partial charge in [-0.1, -0.05) is 13.8 Å². The van der Waals surface area contributed by atoms with Crippen molar-refractivity contribution in [3.8, 4) is 0 Å². The number of aliphatic hydroxyl groups is 1. The van der Waals surface area contributed by atoms with Gasteiger partial charge in [0.2, 0.25) is 0 Å². The summed E-state index contributed by atoms with van der Waals surface area (Å²) in [6.07, 6.45) is -1.69. The first-order valence-electron chi connectivity index (χ1n) is 5.33. The summed E-state index contributed by atoms with van der Waals surface area (Å²) < 4.78 is 4.88. The molecular formula is C11H21NO4. The van der Waals surface area contributed by atoms with Crippen LogP contribution in [0.3, 0.4) is 0 Å². The fourth-order valence-electron chi connectivity index (χ4n) is 1.04. The van der Waals surface area contributed by atoms with Gasteiger partial charge in [-0.2, -0.15) is 0 Å². The van der Waals surface area contributed by atoms with Gasteiger partial charge in [0.15, 0.2) is 0 Å². The third-order valence-corrected chi connectivity index (χ3v) is 1.62. The summed E-state index contributed by atoms with van der Waals surface area (Å²) in [7, 11) is 0. The lowest BCUT2D eigenvalue weighted by Crippen LogP contribution is -2.42. The molecule has 5 nitrogen and oxygen atoms in total. The maximum Gasteiger partial charge on any atom is 0.414 e. The lowest BCUT2D eigenvalue weighted by Gasteiger charge is -2.20. The highest BCUT2D eigenvalue weighted by molar-refractivity contribution is 5.94. The van der Waals surface area contributed by atoms with E-state index in [1.54, 1.807) is 20.8 Å².